The van der Waals surface area contributed by atoms with E-state index in [1.807, 2.05) is 48.5 Å². The van der Waals surface area contributed by atoms with Gasteiger partial charge in [-0.1, -0.05) is 41.9 Å². The van der Waals surface area contributed by atoms with Crippen LogP contribution in [-0.2, 0) is 0 Å². The van der Waals surface area contributed by atoms with Gasteiger partial charge in [-0.25, -0.2) is 4.98 Å². The molecule has 0 atom stereocenters. The Hall–Kier alpha value is -2.26. The Bertz CT molecular complexity index is 802. The molecule has 1 aliphatic rings. The van der Waals surface area contributed by atoms with E-state index in [0.29, 0.717) is 10.9 Å². The van der Waals surface area contributed by atoms with Gasteiger partial charge in [0, 0.05) is 17.0 Å². The molecule has 0 unspecified atom stereocenters. The Labute approximate surface area is 120 Å². The van der Waals surface area contributed by atoms with Crippen molar-refractivity contribution < 1.29 is 9.47 Å². The normalized spacial score (nSPS) is 12.8. The fourth-order valence-corrected chi connectivity index (χ4v) is 2.62. The third-order valence-electron chi connectivity index (χ3n) is 3.35. The average molecular weight is 284 g/mol. The van der Waals surface area contributed by atoms with E-state index in [1.165, 1.54) is 0 Å². The number of nitrogens with zero attached hydrogens (tertiary/aromatic N) is 1. The lowest BCUT2D eigenvalue weighted by Crippen LogP contribution is -1.92. The molecule has 3 aromatic rings. The van der Waals surface area contributed by atoms with Gasteiger partial charge in [0.15, 0.2) is 11.5 Å². The zero-order valence-electron chi connectivity index (χ0n) is 10.5. The highest BCUT2D eigenvalue weighted by atomic mass is 35.5. The molecule has 98 valence electrons. The monoisotopic (exact) mass is 283 g/mol. The molecule has 1 aromatic heterocycles. The number of fused-ring (bicyclic) bond motifs is 2. The van der Waals surface area contributed by atoms with Crippen molar-refractivity contribution in [2.24, 2.45) is 0 Å². The minimum Gasteiger partial charge on any atom is -0.454 e. The summed E-state index contributed by atoms with van der Waals surface area (Å²) >= 11 is 6.31. The van der Waals surface area contributed by atoms with Crippen molar-refractivity contribution in [3.8, 4) is 22.6 Å². The largest absolute Gasteiger partial charge is 0.454 e. The molecule has 0 radical (unpaired) electrons. The van der Waals surface area contributed by atoms with Crippen LogP contribution in [0, 0.1) is 0 Å². The van der Waals surface area contributed by atoms with Gasteiger partial charge in [0.25, 0.3) is 0 Å². The summed E-state index contributed by atoms with van der Waals surface area (Å²) in [6, 6.07) is 15.8. The fraction of sp³-hybridized carbons (Fsp3) is 0.0625. The second-order valence-electron chi connectivity index (χ2n) is 4.59. The quantitative estimate of drug-likeness (QED) is 0.625. The molecule has 1 aliphatic heterocycles. The van der Waals surface area contributed by atoms with Crippen molar-refractivity contribution in [3.05, 3.63) is 53.7 Å². The van der Waals surface area contributed by atoms with Crippen molar-refractivity contribution in [1.29, 1.82) is 0 Å². The smallest absolute Gasteiger partial charge is 0.231 e. The van der Waals surface area contributed by atoms with Crippen LogP contribution < -0.4 is 9.47 Å². The van der Waals surface area contributed by atoms with Gasteiger partial charge in [0.2, 0.25) is 6.79 Å². The Morgan fingerprint density at radius 2 is 1.70 bits per heavy atom. The first-order valence-electron chi connectivity index (χ1n) is 6.26. The lowest BCUT2D eigenvalue weighted by atomic mass is 10.1. The summed E-state index contributed by atoms with van der Waals surface area (Å²) in [7, 11) is 0. The zero-order valence-corrected chi connectivity index (χ0v) is 11.2. The number of halogens is 1. The first-order valence-corrected chi connectivity index (χ1v) is 6.64. The molecule has 3 nitrogen and oxygen atoms in total. The maximum absolute atomic E-state index is 6.31. The molecule has 0 saturated carbocycles. The van der Waals surface area contributed by atoms with Gasteiger partial charge in [-0.2, -0.15) is 0 Å². The van der Waals surface area contributed by atoms with Crippen LogP contribution in [0.4, 0.5) is 0 Å². The minimum atomic E-state index is 0.255. The van der Waals surface area contributed by atoms with Gasteiger partial charge < -0.3 is 9.47 Å². The molecule has 0 N–H and O–H groups in total. The van der Waals surface area contributed by atoms with Crippen LogP contribution in [0.5, 0.6) is 11.5 Å². The summed E-state index contributed by atoms with van der Waals surface area (Å²) < 4.78 is 10.8. The van der Waals surface area contributed by atoms with E-state index in [4.69, 9.17) is 21.1 Å². The van der Waals surface area contributed by atoms with E-state index in [2.05, 4.69) is 4.98 Å². The second kappa shape index (κ2) is 4.39. The third-order valence-corrected chi connectivity index (χ3v) is 3.64. The van der Waals surface area contributed by atoms with Crippen molar-refractivity contribution in [3.63, 3.8) is 0 Å². The number of benzene rings is 2. The highest BCUT2D eigenvalue weighted by molar-refractivity contribution is 6.32. The molecular formula is C16H10ClNO2. The Morgan fingerprint density at radius 3 is 2.50 bits per heavy atom. The van der Waals surface area contributed by atoms with Crippen LogP contribution in [0.1, 0.15) is 0 Å². The van der Waals surface area contributed by atoms with Gasteiger partial charge in [-0.3, -0.25) is 0 Å². The van der Waals surface area contributed by atoms with E-state index in [1.54, 1.807) is 0 Å². The minimum absolute atomic E-state index is 0.255. The van der Waals surface area contributed by atoms with E-state index < -0.39 is 0 Å². The lowest BCUT2D eigenvalue weighted by molar-refractivity contribution is 0.174. The third kappa shape index (κ3) is 1.79. The summed E-state index contributed by atoms with van der Waals surface area (Å²) in [4.78, 5) is 4.46. The van der Waals surface area contributed by atoms with Crippen molar-refractivity contribution in [2.75, 3.05) is 6.79 Å². The van der Waals surface area contributed by atoms with Crippen LogP contribution in [0.3, 0.4) is 0 Å². The molecule has 2 heterocycles. The van der Waals surface area contributed by atoms with Gasteiger partial charge >= 0.3 is 0 Å². The Balaban J connectivity index is 1.95. The predicted octanol–water partition coefficient (Wildman–Crippen LogP) is 4.28. The topological polar surface area (TPSA) is 31.4 Å². The molecule has 0 saturated heterocycles. The standard InChI is InChI=1S/C16H10ClNO2/c17-16-12(10-4-2-1-3-5-10)6-11-7-14-15(20-9-19-14)8-13(11)18-16/h1-8H,9H2. The molecular weight excluding hydrogens is 274 g/mol. The summed E-state index contributed by atoms with van der Waals surface area (Å²) in [5.41, 5.74) is 2.77. The fourth-order valence-electron chi connectivity index (χ4n) is 2.36. The molecule has 0 amide bonds. The summed E-state index contributed by atoms with van der Waals surface area (Å²) in [5, 5.41) is 1.47. The van der Waals surface area contributed by atoms with Gasteiger partial charge in [-0.05, 0) is 17.7 Å². The van der Waals surface area contributed by atoms with E-state index >= 15 is 0 Å². The van der Waals surface area contributed by atoms with Crippen molar-refractivity contribution in [2.45, 2.75) is 0 Å². The molecule has 2 aromatic carbocycles. The van der Waals surface area contributed by atoms with Crippen molar-refractivity contribution in [1.82, 2.24) is 4.98 Å². The van der Waals surface area contributed by atoms with Crippen molar-refractivity contribution >= 4 is 22.5 Å². The van der Waals surface area contributed by atoms with Crippen LogP contribution >= 0.6 is 11.6 Å². The zero-order chi connectivity index (χ0) is 13.5. The number of rotatable bonds is 1. The SMILES string of the molecule is Clc1nc2cc3c(cc2cc1-c1ccccc1)OCO3. The lowest BCUT2D eigenvalue weighted by Gasteiger charge is -2.07. The van der Waals surface area contributed by atoms with E-state index in [-0.39, 0.29) is 6.79 Å². The van der Waals surface area contributed by atoms with Crippen LogP contribution in [0.25, 0.3) is 22.0 Å². The molecule has 20 heavy (non-hydrogen) atoms. The number of ether oxygens (including phenoxy) is 2. The maximum atomic E-state index is 6.31. The van der Waals surface area contributed by atoms with Crippen LogP contribution in [0.15, 0.2) is 48.5 Å². The Morgan fingerprint density at radius 1 is 0.950 bits per heavy atom. The highest BCUT2D eigenvalue weighted by Gasteiger charge is 2.16. The molecule has 0 fully saturated rings. The van der Waals surface area contributed by atoms with Gasteiger partial charge in [-0.15, -0.1) is 0 Å². The van der Waals surface area contributed by atoms with E-state index in [9.17, 15) is 0 Å². The molecule has 0 aliphatic carbocycles. The summed E-state index contributed by atoms with van der Waals surface area (Å²) in [6.07, 6.45) is 0. The van der Waals surface area contributed by atoms with Crippen LogP contribution in [-0.4, -0.2) is 11.8 Å². The summed E-state index contributed by atoms with van der Waals surface area (Å²) in [6.45, 7) is 0.255. The molecule has 4 heteroatoms. The van der Waals surface area contributed by atoms with Gasteiger partial charge in [0.1, 0.15) is 5.15 Å². The highest BCUT2D eigenvalue weighted by Crippen LogP contribution is 2.38. The first kappa shape index (κ1) is 11.6. The second-order valence-corrected chi connectivity index (χ2v) is 4.95. The molecule has 0 bridgehead atoms. The average Bonchev–Trinajstić information content (AvgIpc) is 2.92. The number of hydrogen-bond donors (Lipinski definition) is 0. The number of aromatic nitrogens is 1. The van der Waals surface area contributed by atoms with Gasteiger partial charge in [0.05, 0.1) is 5.52 Å². The Kier molecular flexibility index (Phi) is 2.54. The number of pyridine rings is 1. The summed E-state index contributed by atoms with van der Waals surface area (Å²) in [5.74, 6) is 1.47. The molecule has 0 spiro atoms. The van der Waals surface area contributed by atoms with Crippen LogP contribution in [0.2, 0.25) is 5.15 Å². The van der Waals surface area contributed by atoms with E-state index in [0.717, 1.165) is 27.8 Å². The number of hydrogen-bond acceptors (Lipinski definition) is 3. The maximum Gasteiger partial charge on any atom is 0.231 e. The molecule has 4 rings (SSSR count). The predicted molar refractivity (Wildman–Crippen MR) is 78.3 cm³/mol. The first-order chi connectivity index (χ1) is 9.81.